The van der Waals surface area contributed by atoms with E-state index in [1.165, 1.54) is 63.2 Å². The minimum atomic E-state index is -3.38. The summed E-state index contributed by atoms with van der Waals surface area (Å²) < 4.78 is 28.8. The average molecular weight is 465 g/mol. The highest BCUT2D eigenvalue weighted by molar-refractivity contribution is 7.86. The van der Waals surface area contributed by atoms with Crippen molar-refractivity contribution < 1.29 is 12.6 Å². The fraction of sp³-hybridized carbons (Fsp3) is 0.929. The van der Waals surface area contributed by atoms with Gasteiger partial charge >= 0.3 is 0 Å². The zero-order valence-electron chi connectivity index (χ0n) is 21.5. The molecule has 0 aromatic rings. The SMILES string of the molecule is CC(C)CCC[C@@H](C)[C@H]1CCC2C3CC=C4CC(OS(C)(=O)=O)CC[C@]4(C)C3CC[C@@]21C. The van der Waals surface area contributed by atoms with Crippen LogP contribution in [0.4, 0.5) is 0 Å². The van der Waals surface area contributed by atoms with Gasteiger partial charge in [-0.1, -0.05) is 65.5 Å². The fourth-order valence-electron chi connectivity index (χ4n) is 8.98. The molecule has 32 heavy (non-hydrogen) atoms. The van der Waals surface area contributed by atoms with Gasteiger partial charge in [0.2, 0.25) is 0 Å². The van der Waals surface area contributed by atoms with Crippen molar-refractivity contribution in [3.05, 3.63) is 11.6 Å². The fourth-order valence-corrected chi connectivity index (χ4v) is 9.64. The van der Waals surface area contributed by atoms with Crippen LogP contribution in [0.15, 0.2) is 11.6 Å². The van der Waals surface area contributed by atoms with Crippen molar-refractivity contribution in [3.8, 4) is 0 Å². The highest BCUT2D eigenvalue weighted by Gasteiger charge is 2.59. The van der Waals surface area contributed by atoms with E-state index in [0.29, 0.717) is 5.41 Å². The van der Waals surface area contributed by atoms with Crippen LogP contribution in [0, 0.1) is 46.3 Å². The minimum absolute atomic E-state index is 0.155. The molecular weight excluding hydrogens is 416 g/mol. The first-order valence-corrected chi connectivity index (χ1v) is 15.3. The zero-order valence-corrected chi connectivity index (χ0v) is 22.3. The van der Waals surface area contributed by atoms with E-state index >= 15 is 0 Å². The van der Waals surface area contributed by atoms with Gasteiger partial charge in [-0.15, -0.1) is 0 Å². The molecule has 0 bridgehead atoms. The first kappa shape index (κ1) is 24.8. The van der Waals surface area contributed by atoms with E-state index < -0.39 is 10.1 Å². The van der Waals surface area contributed by atoms with Crippen LogP contribution < -0.4 is 0 Å². The van der Waals surface area contributed by atoms with Crippen molar-refractivity contribution in [2.24, 2.45) is 46.3 Å². The second-order valence-electron chi connectivity index (χ2n) is 13.0. The van der Waals surface area contributed by atoms with Crippen molar-refractivity contribution in [1.29, 1.82) is 0 Å². The van der Waals surface area contributed by atoms with Gasteiger partial charge in [0, 0.05) is 0 Å². The second-order valence-corrected chi connectivity index (χ2v) is 14.6. The molecule has 0 radical (unpaired) electrons. The third-order valence-electron chi connectivity index (χ3n) is 10.6. The maximum atomic E-state index is 11.7. The molecule has 3 nitrogen and oxygen atoms in total. The highest BCUT2D eigenvalue weighted by atomic mass is 32.2. The summed E-state index contributed by atoms with van der Waals surface area (Å²) in [6, 6.07) is 0. The molecule has 0 aromatic heterocycles. The van der Waals surface area contributed by atoms with Gasteiger partial charge in [-0.2, -0.15) is 8.42 Å². The maximum absolute atomic E-state index is 11.7. The summed E-state index contributed by atoms with van der Waals surface area (Å²) in [6.07, 6.45) is 17.3. The Morgan fingerprint density at radius 3 is 2.47 bits per heavy atom. The normalized spacial score (nSPS) is 42.7. The van der Waals surface area contributed by atoms with Gasteiger partial charge in [0.15, 0.2) is 0 Å². The van der Waals surface area contributed by atoms with Crippen LogP contribution in [-0.2, 0) is 14.3 Å². The highest BCUT2D eigenvalue weighted by Crippen LogP contribution is 2.67. The summed E-state index contributed by atoms with van der Waals surface area (Å²) in [6.45, 7) is 12.4. The van der Waals surface area contributed by atoms with E-state index in [-0.39, 0.29) is 11.5 Å². The Morgan fingerprint density at radius 2 is 1.78 bits per heavy atom. The third-order valence-corrected chi connectivity index (χ3v) is 11.2. The van der Waals surface area contributed by atoms with Gasteiger partial charge < -0.3 is 0 Å². The Hall–Kier alpha value is -0.350. The Kier molecular flexibility index (Phi) is 6.98. The van der Waals surface area contributed by atoms with E-state index in [9.17, 15) is 8.42 Å². The standard InChI is InChI=1S/C28H48O3S/c1-19(2)8-7-9-20(3)24-12-13-25-23-11-10-21-18-22(31-32(6,29)30)14-16-27(21,4)26(23)15-17-28(24,25)5/h10,19-20,22-26H,7-9,11-18H2,1-6H3/t20-,22?,23?,24-,25?,26?,27+,28-/m1/s1. The lowest BCUT2D eigenvalue weighted by molar-refractivity contribution is -0.0556. The summed E-state index contributed by atoms with van der Waals surface area (Å²) in [4.78, 5) is 0. The number of allylic oxidation sites excluding steroid dienone is 1. The molecule has 0 saturated heterocycles. The number of rotatable bonds is 7. The summed E-state index contributed by atoms with van der Waals surface area (Å²) in [5.41, 5.74) is 2.28. The molecule has 4 aliphatic rings. The van der Waals surface area contributed by atoms with E-state index in [0.717, 1.165) is 54.8 Å². The van der Waals surface area contributed by atoms with Crippen LogP contribution in [0.5, 0.6) is 0 Å². The summed E-state index contributed by atoms with van der Waals surface area (Å²) in [5, 5.41) is 0. The Bertz CT molecular complexity index is 815. The molecule has 0 aliphatic heterocycles. The number of hydrogen-bond acceptors (Lipinski definition) is 3. The van der Waals surface area contributed by atoms with E-state index in [4.69, 9.17) is 4.18 Å². The summed E-state index contributed by atoms with van der Waals surface area (Å²) >= 11 is 0. The van der Waals surface area contributed by atoms with Crippen LogP contribution in [-0.4, -0.2) is 20.8 Å². The van der Waals surface area contributed by atoms with Gasteiger partial charge in [-0.25, -0.2) is 0 Å². The molecule has 4 aliphatic carbocycles. The van der Waals surface area contributed by atoms with Crippen LogP contribution in [0.3, 0.4) is 0 Å². The number of hydrogen-bond donors (Lipinski definition) is 0. The predicted molar refractivity (Wildman–Crippen MR) is 133 cm³/mol. The van der Waals surface area contributed by atoms with Crippen molar-refractivity contribution >= 4 is 10.1 Å². The lowest BCUT2D eigenvalue weighted by Crippen LogP contribution is -2.51. The molecule has 0 amide bonds. The smallest absolute Gasteiger partial charge is 0.264 e. The molecule has 0 N–H and O–H groups in total. The Balaban J connectivity index is 1.47. The van der Waals surface area contributed by atoms with E-state index in [1.54, 1.807) is 0 Å². The topological polar surface area (TPSA) is 43.4 Å². The molecular formula is C28H48O3S. The van der Waals surface area contributed by atoms with Crippen molar-refractivity contribution in [1.82, 2.24) is 0 Å². The Morgan fingerprint density at radius 1 is 1.03 bits per heavy atom. The van der Waals surface area contributed by atoms with Gasteiger partial charge in [-0.05, 0) is 97.7 Å². The minimum Gasteiger partial charge on any atom is -0.267 e. The van der Waals surface area contributed by atoms with Crippen LogP contribution >= 0.6 is 0 Å². The van der Waals surface area contributed by atoms with Gasteiger partial charge in [0.05, 0.1) is 12.4 Å². The Labute approximate surface area is 198 Å². The van der Waals surface area contributed by atoms with Crippen LogP contribution in [0.25, 0.3) is 0 Å². The van der Waals surface area contributed by atoms with E-state index in [1.807, 2.05) is 0 Å². The third kappa shape index (κ3) is 4.61. The molecule has 3 saturated carbocycles. The largest absolute Gasteiger partial charge is 0.267 e. The molecule has 3 fully saturated rings. The lowest BCUT2D eigenvalue weighted by atomic mass is 9.47. The molecule has 4 unspecified atom stereocenters. The predicted octanol–water partition coefficient (Wildman–Crippen LogP) is 7.37. The van der Waals surface area contributed by atoms with Crippen LogP contribution in [0.2, 0.25) is 0 Å². The molecule has 184 valence electrons. The first-order valence-electron chi connectivity index (χ1n) is 13.5. The zero-order chi connectivity index (χ0) is 23.3. The second kappa shape index (κ2) is 9.02. The van der Waals surface area contributed by atoms with Crippen molar-refractivity contribution in [3.63, 3.8) is 0 Å². The molecule has 8 atom stereocenters. The average Bonchev–Trinajstić information content (AvgIpc) is 3.04. The van der Waals surface area contributed by atoms with Crippen LogP contribution in [0.1, 0.15) is 105 Å². The lowest BCUT2D eigenvalue weighted by Gasteiger charge is -2.58. The first-order chi connectivity index (χ1) is 14.9. The van der Waals surface area contributed by atoms with E-state index in [2.05, 4.69) is 40.7 Å². The van der Waals surface area contributed by atoms with Gasteiger partial charge in [-0.3, -0.25) is 4.18 Å². The maximum Gasteiger partial charge on any atom is 0.264 e. The summed E-state index contributed by atoms with van der Waals surface area (Å²) in [5.74, 6) is 5.05. The molecule has 0 aromatic carbocycles. The van der Waals surface area contributed by atoms with Crippen molar-refractivity contribution in [2.75, 3.05) is 6.26 Å². The van der Waals surface area contributed by atoms with Gasteiger partial charge in [0.1, 0.15) is 0 Å². The summed E-state index contributed by atoms with van der Waals surface area (Å²) in [7, 11) is -3.38. The molecule has 4 heteroatoms. The molecule has 0 spiro atoms. The number of fused-ring (bicyclic) bond motifs is 5. The molecule has 0 heterocycles. The quantitative estimate of drug-likeness (QED) is 0.292. The van der Waals surface area contributed by atoms with Gasteiger partial charge in [0.25, 0.3) is 10.1 Å². The van der Waals surface area contributed by atoms with Crippen molar-refractivity contribution in [2.45, 2.75) is 111 Å². The monoisotopic (exact) mass is 464 g/mol. The molecule has 4 rings (SSSR count).